The number of rotatable bonds is 11. The molecule has 0 spiro atoms. The van der Waals surface area contributed by atoms with Crippen molar-refractivity contribution in [1.29, 1.82) is 0 Å². The molecule has 222 valence electrons. The van der Waals surface area contributed by atoms with E-state index in [1.807, 2.05) is 60.7 Å². The molecule has 4 atom stereocenters. The van der Waals surface area contributed by atoms with Gasteiger partial charge in [0.25, 0.3) is 0 Å². The van der Waals surface area contributed by atoms with Crippen molar-refractivity contribution in [3.8, 4) is 11.1 Å². The van der Waals surface area contributed by atoms with Gasteiger partial charge in [-0.05, 0) is 39.9 Å². The van der Waals surface area contributed by atoms with Crippen LogP contribution in [0.3, 0.4) is 0 Å². The minimum absolute atomic E-state index is 0.00250. The summed E-state index contributed by atoms with van der Waals surface area (Å²) >= 11 is 1.57. The van der Waals surface area contributed by atoms with Crippen LogP contribution in [0.2, 0.25) is 0 Å². The lowest BCUT2D eigenvalue weighted by molar-refractivity contribution is -0.268. The SMILES string of the molecule is C=CCOC(=O)NCc1cccc(-c2ccc([C@H]3O[C@@H](CSc4ncccn4)[C@@H](C)[C@@H](c4ccc(CO)cc4)O3)cc2)c1. The van der Waals surface area contributed by atoms with Crippen LogP contribution in [0.4, 0.5) is 4.79 Å². The Labute approximate surface area is 256 Å². The van der Waals surface area contributed by atoms with Gasteiger partial charge in [-0.25, -0.2) is 14.8 Å². The van der Waals surface area contributed by atoms with E-state index in [9.17, 15) is 9.90 Å². The number of hydrogen-bond acceptors (Lipinski definition) is 8. The summed E-state index contributed by atoms with van der Waals surface area (Å²) in [6, 6.07) is 25.9. The van der Waals surface area contributed by atoms with Gasteiger partial charge in [0.2, 0.25) is 0 Å². The quantitative estimate of drug-likeness (QED) is 0.113. The molecule has 0 saturated carbocycles. The smallest absolute Gasteiger partial charge is 0.407 e. The summed E-state index contributed by atoms with van der Waals surface area (Å²) in [5, 5.41) is 13.0. The summed E-state index contributed by atoms with van der Waals surface area (Å²) in [4.78, 5) is 20.5. The molecule has 8 nitrogen and oxygen atoms in total. The lowest BCUT2D eigenvalue weighted by atomic mass is 9.91. The van der Waals surface area contributed by atoms with Crippen molar-refractivity contribution >= 4 is 17.9 Å². The van der Waals surface area contributed by atoms with Crippen molar-refractivity contribution in [1.82, 2.24) is 15.3 Å². The van der Waals surface area contributed by atoms with Crippen LogP contribution >= 0.6 is 11.8 Å². The van der Waals surface area contributed by atoms with Gasteiger partial charge in [-0.3, -0.25) is 0 Å². The first-order chi connectivity index (χ1) is 21.0. The average Bonchev–Trinajstić information content (AvgIpc) is 3.06. The topological polar surface area (TPSA) is 103 Å². The minimum atomic E-state index is -0.563. The van der Waals surface area contributed by atoms with Crippen molar-refractivity contribution in [2.45, 2.75) is 43.7 Å². The fourth-order valence-electron chi connectivity index (χ4n) is 4.88. The standard InChI is InChI=1S/C34H35N3O5S/c1-3-18-40-34(39)37-20-25-6-4-7-29(19-25)26-12-14-28(15-13-26)32-41-30(22-43-33-35-16-5-17-36-33)23(2)31(42-32)27-10-8-24(21-38)9-11-27/h3-17,19,23,30-32,38H,1,18,20-22H2,2H3,(H,37,39)/t23-,30+,31+,32+/m1/s1. The Bertz CT molecular complexity index is 1480. The molecule has 0 unspecified atom stereocenters. The Morgan fingerprint density at radius 3 is 2.44 bits per heavy atom. The number of nitrogens with zero attached hydrogens (tertiary/aromatic N) is 2. The van der Waals surface area contributed by atoms with E-state index in [1.165, 1.54) is 6.08 Å². The van der Waals surface area contributed by atoms with Crippen molar-refractivity contribution in [3.63, 3.8) is 0 Å². The summed E-state index contributed by atoms with van der Waals surface area (Å²) in [5.74, 6) is 0.744. The van der Waals surface area contributed by atoms with Gasteiger partial charge in [-0.1, -0.05) is 98.1 Å². The number of aliphatic hydroxyl groups is 1. The molecule has 5 rings (SSSR count). The van der Waals surface area contributed by atoms with Gasteiger partial charge >= 0.3 is 6.09 Å². The van der Waals surface area contributed by atoms with Crippen LogP contribution < -0.4 is 5.32 Å². The second kappa shape index (κ2) is 14.9. The van der Waals surface area contributed by atoms with Crippen LogP contribution in [0, 0.1) is 5.92 Å². The summed E-state index contributed by atoms with van der Waals surface area (Å²) < 4.78 is 18.1. The predicted molar refractivity (Wildman–Crippen MR) is 166 cm³/mol. The maximum atomic E-state index is 11.8. The highest BCUT2D eigenvalue weighted by Gasteiger charge is 2.38. The number of amides is 1. The Hall–Kier alpha value is -4.02. The highest BCUT2D eigenvalue weighted by atomic mass is 32.2. The Morgan fingerprint density at radius 1 is 0.977 bits per heavy atom. The third kappa shape index (κ3) is 8.09. The second-order valence-corrected chi connectivity index (χ2v) is 11.2. The van der Waals surface area contributed by atoms with Crippen LogP contribution in [-0.4, -0.2) is 39.6 Å². The molecule has 2 heterocycles. The van der Waals surface area contributed by atoms with Gasteiger partial charge < -0.3 is 24.6 Å². The highest BCUT2D eigenvalue weighted by Crippen LogP contribution is 2.43. The molecule has 1 fully saturated rings. The molecule has 1 aliphatic rings. The van der Waals surface area contributed by atoms with Crippen molar-refractivity contribution in [2.75, 3.05) is 12.4 Å². The molecule has 0 aliphatic carbocycles. The van der Waals surface area contributed by atoms with E-state index in [2.05, 4.69) is 40.9 Å². The molecule has 9 heteroatoms. The Morgan fingerprint density at radius 2 is 1.72 bits per heavy atom. The number of carbonyl (C=O) groups excluding carboxylic acids is 1. The molecule has 1 aromatic heterocycles. The molecule has 1 saturated heterocycles. The normalized spacial score (nSPS) is 19.9. The molecule has 0 radical (unpaired) electrons. The van der Waals surface area contributed by atoms with Crippen LogP contribution in [0.5, 0.6) is 0 Å². The molecular formula is C34H35N3O5S. The molecule has 2 N–H and O–H groups in total. The maximum Gasteiger partial charge on any atom is 0.407 e. The Kier molecular flexibility index (Phi) is 10.6. The molecular weight excluding hydrogens is 562 g/mol. The van der Waals surface area contributed by atoms with E-state index < -0.39 is 12.4 Å². The van der Waals surface area contributed by atoms with E-state index in [4.69, 9.17) is 14.2 Å². The van der Waals surface area contributed by atoms with Crippen LogP contribution in [0.25, 0.3) is 11.1 Å². The number of ether oxygens (including phenoxy) is 3. The maximum absolute atomic E-state index is 11.8. The molecule has 0 bridgehead atoms. The summed E-state index contributed by atoms with van der Waals surface area (Å²) in [6.07, 6.45) is 3.66. The molecule has 3 aromatic carbocycles. The van der Waals surface area contributed by atoms with Crippen LogP contribution in [0.15, 0.2) is 109 Å². The number of alkyl carbamates (subject to hydrolysis) is 1. The minimum Gasteiger partial charge on any atom is -0.445 e. The zero-order valence-corrected chi connectivity index (χ0v) is 24.8. The van der Waals surface area contributed by atoms with Crippen molar-refractivity contribution < 1.29 is 24.1 Å². The van der Waals surface area contributed by atoms with E-state index in [0.717, 1.165) is 33.4 Å². The lowest BCUT2D eigenvalue weighted by Gasteiger charge is -2.41. The lowest BCUT2D eigenvalue weighted by Crippen LogP contribution is -2.38. The van der Waals surface area contributed by atoms with E-state index in [1.54, 1.807) is 30.2 Å². The fraction of sp³-hybridized carbons (Fsp3) is 0.265. The number of hydrogen-bond donors (Lipinski definition) is 2. The first kappa shape index (κ1) is 30.4. The summed E-state index contributed by atoms with van der Waals surface area (Å²) in [6.45, 7) is 6.22. The second-order valence-electron chi connectivity index (χ2n) is 10.2. The Balaban J connectivity index is 1.32. The van der Waals surface area contributed by atoms with E-state index in [0.29, 0.717) is 17.5 Å². The molecule has 1 amide bonds. The monoisotopic (exact) mass is 597 g/mol. The molecule has 43 heavy (non-hydrogen) atoms. The third-order valence-corrected chi connectivity index (χ3v) is 8.22. The number of benzene rings is 3. The number of thioether (sulfide) groups is 1. The number of aliphatic hydroxyl groups excluding tert-OH is 1. The van der Waals surface area contributed by atoms with Gasteiger partial charge in [0.15, 0.2) is 11.4 Å². The summed E-state index contributed by atoms with van der Waals surface area (Å²) in [7, 11) is 0. The van der Waals surface area contributed by atoms with Gasteiger partial charge in [-0.15, -0.1) is 0 Å². The first-order valence-electron chi connectivity index (χ1n) is 14.1. The largest absolute Gasteiger partial charge is 0.445 e. The molecule has 1 aliphatic heterocycles. The third-order valence-electron chi connectivity index (χ3n) is 7.25. The van der Waals surface area contributed by atoms with Crippen LogP contribution in [-0.2, 0) is 27.4 Å². The first-order valence-corrected chi connectivity index (χ1v) is 15.1. The summed E-state index contributed by atoms with van der Waals surface area (Å²) in [5.41, 5.74) is 5.84. The zero-order valence-electron chi connectivity index (χ0n) is 24.0. The number of aromatic nitrogens is 2. The number of nitrogens with one attached hydrogen (secondary N) is 1. The highest BCUT2D eigenvalue weighted by molar-refractivity contribution is 7.99. The zero-order chi connectivity index (χ0) is 30.0. The molecule has 4 aromatic rings. The van der Waals surface area contributed by atoms with Gasteiger partial charge in [-0.2, -0.15) is 0 Å². The number of carbonyl (C=O) groups is 1. The van der Waals surface area contributed by atoms with Gasteiger partial charge in [0, 0.05) is 36.2 Å². The van der Waals surface area contributed by atoms with E-state index >= 15 is 0 Å². The van der Waals surface area contributed by atoms with Crippen molar-refractivity contribution in [3.05, 3.63) is 126 Å². The van der Waals surface area contributed by atoms with E-state index in [-0.39, 0.29) is 31.3 Å². The average molecular weight is 598 g/mol. The van der Waals surface area contributed by atoms with Gasteiger partial charge in [0.05, 0.1) is 18.8 Å². The fourth-order valence-corrected chi connectivity index (χ4v) is 5.85. The van der Waals surface area contributed by atoms with Crippen molar-refractivity contribution in [2.24, 2.45) is 5.92 Å². The van der Waals surface area contributed by atoms with Crippen LogP contribution in [0.1, 0.15) is 41.6 Å². The van der Waals surface area contributed by atoms with Gasteiger partial charge in [0.1, 0.15) is 6.61 Å². The predicted octanol–water partition coefficient (Wildman–Crippen LogP) is 6.63.